The minimum atomic E-state index is 0.497. The minimum absolute atomic E-state index is 0.497. The lowest BCUT2D eigenvalue weighted by molar-refractivity contribution is 0.442. The Morgan fingerprint density at radius 2 is 1.83 bits per heavy atom. The van der Waals surface area contributed by atoms with Gasteiger partial charge in [0.2, 0.25) is 0 Å². The molecule has 0 aliphatic heterocycles. The second kappa shape index (κ2) is 4.10. The van der Waals surface area contributed by atoms with E-state index in [1.165, 1.54) is 11.9 Å². The molecule has 0 aliphatic carbocycles. The summed E-state index contributed by atoms with van der Waals surface area (Å²) >= 11 is 0. The van der Waals surface area contributed by atoms with Crippen LogP contribution in [0.25, 0.3) is 11.1 Å². The normalized spacial score (nSPS) is 10.8. The van der Waals surface area contributed by atoms with Gasteiger partial charge >= 0.3 is 0 Å². The molecule has 3 aromatic rings. The summed E-state index contributed by atoms with van der Waals surface area (Å²) in [7, 11) is 0. The molecule has 0 saturated heterocycles. The lowest BCUT2D eigenvalue weighted by Crippen LogP contribution is -1.95. The molecular weight excluding hydrogens is 228 g/mol. The van der Waals surface area contributed by atoms with Crippen LogP contribution in [0.4, 0.5) is 11.5 Å². The molecule has 0 spiro atoms. The van der Waals surface area contributed by atoms with E-state index >= 15 is 0 Å². The molecule has 2 aromatic heterocycles. The number of nitrogens with zero attached hydrogens (tertiary/aromatic N) is 3. The molecule has 0 fully saturated rings. The quantitative estimate of drug-likeness (QED) is 0.746. The number of anilines is 2. The zero-order valence-corrected chi connectivity index (χ0v) is 10.1. The Kier molecular flexibility index (Phi) is 2.44. The van der Waals surface area contributed by atoms with Gasteiger partial charge in [0.05, 0.1) is 5.69 Å². The largest absolute Gasteiger partial charge is 0.339 e. The third-order valence-corrected chi connectivity index (χ3v) is 2.76. The van der Waals surface area contributed by atoms with Gasteiger partial charge in [-0.1, -0.05) is 22.9 Å². The van der Waals surface area contributed by atoms with Crippen molar-refractivity contribution in [3.63, 3.8) is 0 Å². The Hall–Kier alpha value is -2.43. The molecule has 0 aliphatic rings. The summed E-state index contributed by atoms with van der Waals surface area (Å²) in [4.78, 5) is 8.27. The van der Waals surface area contributed by atoms with Crippen LogP contribution >= 0.6 is 0 Å². The van der Waals surface area contributed by atoms with Crippen LogP contribution in [0.15, 0.2) is 35.1 Å². The molecule has 0 saturated carbocycles. The van der Waals surface area contributed by atoms with Gasteiger partial charge in [-0.3, -0.25) is 0 Å². The SMILES string of the molecule is Cc1ccc(Nc2ncnc3onc(C)c23)cc1. The molecule has 1 N–H and O–H groups in total. The lowest BCUT2D eigenvalue weighted by Gasteiger charge is -2.06. The van der Waals surface area contributed by atoms with Gasteiger partial charge in [-0.25, -0.2) is 4.98 Å². The van der Waals surface area contributed by atoms with Gasteiger partial charge in [0, 0.05) is 5.69 Å². The van der Waals surface area contributed by atoms with Crippen LogP contribution in [-0.4, -0.2) is 15.1 Å². The monoisotopic (exact) mass is 240 g/mol. The molecule has 0 unspecified atom stereocenters. The Bertz CT molecular complexity index is 688. The Labute approximate surface area is 104 Å². The van der Waals surface area contributed by atoms with Crippen molar-refractivity contribution in [3.05, 3.63) is 41.9 Å². The van der Waals surface area contributed by atoms with Crippen LogP contribution in [0.1, 0.15) is 11.3 Å². The summed E-state index contributed by atoms with van der Waals surface area (Å²) in [5, 5.41) is 7.96. The van der Waals surface area contributed by atoms with Crippen LogP contribution in [0.5, 0.6) is 0 Å². The third kappa shape index (κ3) is 1.79. The minimum Gasteiger partial charge on any atom is -0.339 e. The van der Waals surface area contributed by atoms with Crippen LogP contribution in [0.2, 0.25) is 0 Å². The number of rotatable bonds is 2. The molecule has 0 bridgehead atoms. The molecule has 0 amide bonds. The van der Waals surface area contributed by atoms with Crippen LogP contribution in [0.3, 0.4) is 0 Å². The standard InChI is InChI=1S/C13H12N4O/c1-8-3-5-10(6-4-8)16-12-11-9(2)17-18-13(11)15-7-14-12/h3-7H,1-2H3,(H,14,15,16). The van der Waals surface area contributed by atoms with Gasteiger partial charge in [0.15, 0.2) is 0 Å². The topological polar surface area (TPSA) is 63.8 Å². The van der Waals surface area contributed by atoms with Crippen molar-refractivity contribution in [1.29, 1.82) is 0 Å². The molecule has 1 aromatic carbocycles. The number of benzene rings is 1. The molecule has 3 rings (SSSR count). The average Bonchev–Trinajstić information content (AvgIpc) is 2.75. The van der Waals surface area contributed by atoms with Gasteiger partial charge in [0.1, 0.15) is 17.5 Å². The first kappa shape index (κ1) is 10.7. The summed E-state index contributed by atoms with van der Waals surface area (Å²) < 4.78 is 5.11. The second-order valence-corrected chi connectivity index (χ2v) is 4.16. The molecule has 0 radical (unpaired) electrons. The maximum atomic E-state index is 5.11. The average molecular weight is 240 g/mol. The number of hydrogen-bond acceptors (Lipinski definition) is 5. The van der Waals surface area contributed by atoms with Crippen LogP contribution in [0, 0.1) is 13.8 Å². The van der Waals surface area contributed by atoms with E-state index in [-0.39, 0.29) is 0 Å². The molecule has 5 nitrogen and oxygen atoms in total. The van der Waals surface area contributed by atoms with E-state index in [0.29, 0.717) is 11.5 Å². The number of nitrogens with one attached hydrogen (secondary N) is 1. The molecule has 0 atom stereocenters. The van der Waals surface area contributed by atoms with Crippen molar-refractivity contribution in [2.45, 2.75) is 13.8 Å². The number of fused-ring (bicyclic) bond motifs is 1. The Balaban J connectivity index is 2.04. The zero-order chi connectivity index (χ0) is 12.5. The van der Waals surface area contributed by atoms with Crippen LogP contribution in [-0.2, 0) is 0 Å². The Morgan fingerprint density at radius 3 is 2.61 bits per heavy atom. The lowest BCUT2D eigenvalue weighted by atomic mass is 10.2. The van der Waals surface area contributed by atoms with E-state index in [1.54, 1.807) is 0 Å². The highest BCUT2D eigenvalue weighted by atomic mass is 16.5. The van der Waals surface area contributed by atoms with Crippen molar-refractivity contribution in [2.75, 3.05) is 5.32 Å². The maximum absolute atomic E-state index is 5.11. The zero-order valence-electron chi connectivity index (χ0n) is 10.1. The van der Waals surface area contributed by atoms with Gasteiger partial charge < -0.3 is 9.84 Å². The first-order valence-corrected chi connectivity index (χ1v) is 5.65. The summed E-state index contributed by atoms with van der Waals surface area (Å²) in [5.41, 5.74) is 3.47. The van der Waals surface area contributed by atoms with E-state index in [0.717, 1.165) is 16.8 Å². The first-order valence-electron chi connectivity index (χ1n) is 5.65. The third-order valence-electron chi connectivity index (χ3n) is 2.76. The molecule has 18 heavy (non-hydrogen) atoms. The summed E-state index contributed by atoms with van der Waals surface area (Å²) in [6.45, 7) is 3.92. The van der Waals surface area contributed by atoms with Crippen molar-refractivity contribution in [1.82, 2.24) is 15.1 Å². The highest BCUT2D eigenvalue weighted by Gasteiger charge is 2.11. The highest BCUT2D eigenvalue weighted by molar-refractivity contribution is 5.89. The predicted molar refractivity (Wildman–Crippen MR) is 68.8 cm³/mol. The van der Waals surface area contributed by atoms with E-state index in [4.69, 9.17) is 4.52 Å². The van der Waals surface area contributed by atoms with Gasteiger partial charge in [-0.05, 0) is 26.0 Å². The predicted octanol–water partition coefficient (Wildman–Crippen LogP) is 2.98. The fourth-order valence-corrected chi connectivity index (χ4v) is 1.79. The van der Waals surface area contributed by atoms with Crippen molar-refractivity contribution in [2.24, 2.45) is 0 Å². The molecule has 2 heterocycles. The van der Waals surface area contributed by atoms with E-state index in [2.05, 4.69) is 27.4 Å². The van der Waals surface area contributed by atoms with E-state index in [1.807, 2.05) is 31.2 Å². The Morgan fingerprint density at radius 1 is 1.06 bits per heavy atom. The molecular formula is C13H12N4O. The maximum Gasteiger partial charge on any atom is 0.263 e. The van der Waals surface area contributed by atoms with Gasteiger partial charge in [-0.15, -0.1) is 0 Å². The summed E-state index contributed by atoms with van der Waals surface area (Å²) in [6, 6.07) is 8.10. The summed E-state index contributed by atoms with van der Waals surface area (Å²) in [5.74, 6) is 0.711. The van der Waals surface area contributed by atoms with Crippen molar-refractivity contribution < 1.29 is 4.52 Å². The van der Waals surface area contributed by atoms with Crippen molar-refractivity contribution >= 4 is 22.6 Å². The number of aryl methyl sites for hydroxylation is 2. The summed E-state index contributed by atoms with van der Waals surface area (Å²) in [6.07, 6.45) is 1.46. The van der Waals surface area contributed by atoms with E-state index < -0.39 is 0 Å². The highest BCUT2D eigenvalue weighted by Crippen LogP contribution is 2.25. The smallest absolute Gasteiger partial charge is 0.263 e. The van der Waals surface area contributed by atoms with Crippen LogP contribution < -0.4 is 5.32 Å². The number of aromatic nitrogens is 3. The van der Waals surface area contributed by atoms with Crippen molar-refractivity contribution in [3.8, 4) is 0 Å². The fraction of sp³-hybridized carbons (Fsp3) is 0.154. The second-order valence-electron chi connectivity index (χ2n) is 4.16. The molecule has 90 valence electrons. The molecule has 5 heteroatoms. The number of hydrogen-bond donors (Lipinski definition) is 1. The fourth-order valence-electron chi connectivity index (χ4n) is 1.79. The van der Waals surface area contributed by atoms with Gasteiger partial charge in [-0.2, -0.15) is 4.98 Å². The van der Waals surface area contributed by atoms with Gasteiger partial charge in [0.25, 0.3) is 5.71 Å². The first-order chi connectivity index (χ1) is 8.74. The van der Waals surface area contributed by atoms with E-state index in [9.17, 15) is 0 Å².